The molecule has 3 heterocycles. The summed E-state index contributed by atoms with van der Waals surface area (Å²) in [7, 11) is -4.32. The van der Waals surface area contributed by atoms with E-state index in [0.29, 0.717) is 17.9 Å². The Labute approximate surface area is 247 Å². The molecule has 43 heavy (non-hydrogen) atoms. The van der Waals surface area contributed by atoms with Crippen molar-refractivity contribution in [2.24, 2.45) is 5.92 Å². The monoisotopic (exact) mass is 622 g/mol. The second-order valence-corrected chi connectivity index (χ2v) is 13.1. The Morgan fingerprint density at radius 1 is 1.16 bits per heavy atom. The highest BCUT2D eigenvalue weighted by atomic mass is 32.2. The van der Waals surface area contributed by atoms with Gasteiger partial charge in [0.15, 0.2) is 16.6 Å². The minimum absolute atomic E-state index is 0.0298. The normalized spacial score (nSPS) is 19.3. The number of amides is 2. The number of nitrogens with zero attached hydrogens (tertiary/aromatic N) is 2. The first-order valence-electron chi connectivity index (χ1n) is 13.8. The molecule has 0 bridgehead atoms. The van der Waals surface area contributed by atoms with Crippen molar-refractivity contribution in [1.29, 1.82) is 0 Å². The van der Waals surface area contributed by atoms with Crippen molar-refractivity contribution in [1.82, 2.24) is 19.9 Å². The van der Waals surface area contributed by atoms with Crippen LogP contribution < -0.4 is 10.6 Å². The molecule has 0 spiro atoms. The Morgan fingerprint density at radius 2 is 1.88 bits per heavy atom. The van der Waals surface area contributed by atoms with Gasteiger partial charge in [-0.05, 0) is 68.5 Å². The molecule has 2 N–H and O–H groups in total. The van der Waals surface area contributed by atoms with Gasteiger partial charge in [0.1, 0.15) is 17.4 Å². The molecule has 232 valence electrons. The number of alkyl halides is 2. The molecule has 0 unspecified atom stereocenters. The molecule has 10 nitrogen and oxygen atoms in total. The van der Waals surface area contributed by atoms with E-state index < -0.39 is 74.6 Å². The van der Waals surface area contributed by atoms with E-state index >= 15 is 0 Å². The Bertz CT molecular complexity index is 1620. The Balaban J connectivity index is 1.47. The van der Waals surface area contributed by atoms with Gasteiger partial charge in [0.25, 0.3) is 21.9 Å². The lowest BCUT2D eigenvalue weighted by atomic mass is 10.0. The summed E-state index contributed by atoms with van der Waals surface area (Å²) in [6.07, 6.45) is 1.34. The molecule has 1 aliphatic rings. The summed E-state index contributed by atoms with van der Waals surface area (Å²) in [5.74, 6) is -5.76. The van der Waals surface area contributed by atoms with Crippen molar-refractivity contribution in [3.63, 3.8) is 0 Å². The predicted molar refractivity (Wildman–Crippen MR) is 150 cm³/mol. The van der Waals surface area contributed by atoms with Crippen LogP contribution in [0.4, 0.5) is 13.2 Å². The Kier molecular flexibility index (Phi) is 9.30. The average molecular weight is 623 g/mol. The van der Waals surface area contributed by atoms with E-state index in [4.69, 9.17) is 4.42 Å². The van der Waals surface area contributed by atoms with E-state index in [1.807, 2.05) is 13.8 Å². The number of Topliss-reactive ketones (excluding diaryl/α,β-unsaturated/α-hetero) is 1. The van der Waals surface area contributed by atoms with E-state index in [0.717, 1.165) is 22.6 Å². The standard InChI is InChI=1S/C29H33F3N4O6S/c1-16(2)11-22(35-28(39)25-13-18-12-20(30)7-9-24(18)42-25)27(38)34-21-8-5-17(3)36(15-23(21)37)43(40,41)26-10-6-19(14-33-26)29(4,31)32/h6-7,9-10,12-14,16-17,21-22H,5,8,11,15H2,1-4H3,(H,34,38)(H,35,39)/t17-,21+,22+/m1/s1. The SMILES string of the molecule is CC(C)C[C@H](NC(=O)c1cc2cc(F)ccc2o1)C(=O)N[C@H]1CC[C@@H](C)N(S(=O)(=O)c2ccc(C(C)(F)F)cn2)CC1=O. The van der Waals surface area contributed by atoms with Crippen LogP contribution in [0.25, 0.3) is 11.0 Å². The van der Waals surface area contributed by atoms with Crippen molar-refractivity contribution in [3.8, 4) is 0 Å². The molecule has 2 aromatic heterocycles. The number of ketones is 1. The fourth-order valence-electron chi connectivity index (χ4n) is 4.85. The highest BCUT2D eigenvalue weighted by molar-refractivity contribution is 7.89. The number of hydrogen-bond donors (Lipinski definition) is 2. The summed E-state index contributed by atoms with van der Waals surface area (Å²) < 4.78 is 73.8. The quantitative estimate of drug-likeness (QED) is 0.366. The average Bonchev–Trinajstić information content (AvgIpc) is 3.29. The van der Waals surface area contributed by atoms with Crippen LogP contribution in [0.2, 0.25) is 0 Å². The van der Waals surface area contributed by atoms with Gasteiger partial charge in [-0.25, -0.2) is 26.6 Å². The molecule has 1 saturated heterocycles. The van der Waals surface area contributed by atoms with Gasteiger partial charge in [-0.2, -0.15) is 4.31 Å². The smallest absolute Gasteiger partial charge is 0.287 e. The van der Waals surface area contributed by atoms with E-state index in [9.17, 15) is 36.0 Å². The van der Waals surface area contributed by atoms with E-state index in [1.54, 1.807) is 6.92 Å². The molecular formula is C29H33F3N4O6S. The molecule has 0 saturated carbocycles. The number of aromatic nitrogens is 1. The number of nitrogens with one attached hydrogen (secondary N) is 2. The zero-order valence-corrected chi connectivity index (χ0v) is 24.9. The molecule has 2 amide bonds. The fraction of sp³-hybridized carbons (Fsp3) is 0.448. The Morgan fingerprint density at radius 3 is 2.51 bits per heavy atom. The summed E-state index contributed by atoms with van der Waals surface area (Å²) in [6.45, 7) is 5.39. The van der Waals surface area contributed by atoms with Crippen LogP contribution in [0, 0.1) is 11.7 Å². The summed E-state index contributed by atoms with van der Waals surface area (Å²) in [4.78, 5) is 43.2. The van der Waals surface area contributed by atoms with Crippen molar-refractivity contribution in [2.45, 2.75) is 76.0 Å². The van der Waals surface area contributed by atoms with Gasteiger partial charge in [0, 0.05) is 30.1 Å². The van der Waals surface area contributed by atoms with Crippen molar-refractivity contribution < 1.29 is 40.4 Å². The molecule has 1 aromatic carbocycles. The largest absolute Gasteiger partial charge is 0.451 e. The zero-order valence-electron chi connectivity index (χ0n) is 24.1. The first kappa shape index (κ1) is 32.1. The van der Waals surface area contributed by atoms with E-state index in [1.165, 1.54) is 24.3 Å². The van der Waals surface area contributed by atoms with Gasteiger partial charge in [0.05, 0.1) is 12.6 Å². The first-order valence-corrected chi connectivity index (χ1v) is 15.2. The number of benzene rings is 1. The maximum atomic E-state index is 13.6. The van der Waals surface area contributed by atoms with Crippen molar-refractivity contribution in [2.75, 3.05) is 6.54 Å². The topological polar surface area (TPSA) is 139 Å². The van der Waals surface area contributed by atoms with Crippen LogP contribution >= 0.6 is 0 Å². The minimum Gasteiger partial charge on any atom is -0.451 e. The van der Waals surface area contributed by atoms with E-state index in [-0.39, 0.29) is 30.9 Å². The number of pyridine rings is 1. The molecule has 3 atom stereocenters. The second-order valence-electron chi connectivity index (χ2n) is 11.2. The highest BCUT2D eigenvalue weighted by Gasteiger charge is 2.38. The third-order valence-electron chi connectivity index (χ3n) is 7.23. The number of carbonyl (C=O) groups excluding carboxylic acids is 3. The van der Waals surface area contributed by atoms with Crippen LogP contribution in [0.5, 0.6) is 0 Å². The maximum Gasteiger partial charge on any atom is 0.287 e. The van der Waals surface area contributed by atoms with Gasteiger partial charge < -0.3 is 15.1 Å². The second kappa shape index (κ2) is 12.4. The van der Waals surface area contributed by atoms with Crippen LogP contribution in [0.1, 0.15) is 63.1 Å². The molecular weight excluding hydrogens is 589 g/mol. The van der Waals surface area contributed by atoms with Gasteiger partial charge in [-0.3, -0.25) is 14.4 Å². The maximum absolute atomic E-state index is 13.6. The number of halogens is 3. The summed E-state index contributed by atoms with van der Waals surface area (Å²) in [5, 5.41) is 5.18. The van der Waals surface area contributed by atoms with Gasteiger partial charge >= 0.3 is 0 Å². The summed E-state index contributed by atoms with van der Waals surface area (Å²) in [6, 6.07) is 4.35. The molecule has 0 aliphatic carbocycles. The zero-order chi connectivity index (χ0) is 31.7. The van der Waals surface area contributed by atoms with Crippen LogP contribution in [0.15, 0.2) is 52.0 Å². The summed E-state index contributed by atoms with van der Waals surface area (Å²) >= 11 is 0. The lowest BCUT2D eigenvalue weighted by Gasteiger charge is -2.25. The van der Waals surface area contributed by atoms with Gasteiger partial charge in [0.2, 0.25) is 5.91 Å². The molecule has 14 heteroatoms. The fourth-order valence-corrected chi connectivity index (χ4v) is 6.39. The van der Waals surface area contributed by atoms with E-state index in [2.05, 4.69) is 15.6 Å². The highest BCUT2D eigenvalue weighted by Crippen LogP contribution is 2.28. The molecule has 4 rings (SSSR count). The first-order chi connectivity index (χ1) is 20.1. The van der Waals surface area contributed by atoms with Crippen LogP contribution in [0.3, 0.4) is 0 Å². The number of fused-ring (bicyclic) bond motifs is 1. The lowest BCUT2D eigenvalue weighted by molar-refractivity contribution is -0.129. The number of carbonyl (C=O) groups is 3. The minimum atomic E-state index is -4.32. The van der Waals surface area contributed by atoms with Crippen molar-refractivity contribution in [3.05, 3.63) is 59.7 Å². The van der Waals surface area contributed by atoms with Gasteiger partial charge in [-0.15, -0.1) is 0 Å². The number of furan rings is 1. The Hall–Kier alpha value is -3.78. The summed E-state index contributed by atoms with van der Waals surface area (Å²) in [5.41, 5.74) is -0.157. The molecule has 3 aromatic rings. The van der Waals surface area contributed by atoms with Crippen LogP contribution in [-0.2, 0) is 25.5 Å². The number of hydrogen-bond acceptors (Lipinski definition) is 7. The van der Waals surface area contributed by atoms with Crippen LogP contribution in [-0.4, -0.2) is 60.0 Å². The third kappa shape index (κ3) is 7.42. The van der Waals surface area contributed by atoms with Crippen molar-refractivity contribution >= 4 is 38.6 Å². The molecule has 0 radical (unpaired) electrons. The lowest BCUT2D eigenvalue weighted by Crippen LogP contribution is -2.52. The molecule has 1 aliphatic heterocycles. The van der Waals surface area contributed by atoms with Gasteiger partial charge in [-0.1, -0.05) is 13.8 Å². The number of sulfonamides is 1. The molecule has 1 fully saturated rings. The predicted octanol–water partition coefficient (Wildman–Crippen LogP) is 4.15. The number of rotatable bonds is 9. The third-order valence-corrected chi connectivity index (χ3v) is 9.11.